The highest BCUT2D eigenvalue weighted by Crippen LogP contribution is 2.21. The molecule has 2 rings (SSSR count). The standard InChI is InChI=1S/C15H31N3/c1-13(2)17(3)9-5-11-18-10-4-6-15(12-18)16-14-7-8-14/h13-16H,4-12H2,1-3H3. The smallest absolute Gasteiger partial charge is 0.0198 e. The SMILES string of the molecule is CC(C)N(C)CCCN1CCCC(NC2CC2)C1. The minimum atomic E-state index is 0.677. The van der Waals surface area contributed by atoms with Gasteiger partial charge in [-0.2, -0.15) is 0 Å². The average Bonchev–Trinajstić information content (AvgIpc) is 3.13. The third kappa shape index (κ3) is 4.87. The van der Waals surface area contributed by atoms with Gasteiger partial charge in [-0.3, -0.25) is 0 Å². The zero-order valence-corrected chi connectivity index (χ0v) is 12.5. The lowest BCUT2D eigenvalue weighted by Crippen LogP contribution is -2.47. The van der Waals surface area contributed by atoms with Gasteiger partial charge in [0, 0.05) is 24.7 Å². The van der Waals surface area contributed by atoms with Crippen LogP contribution in [-0.2, 0) is 0 Å². The van der Waals surface area contributed by atoms with Crippen molar-refractivity contribution in [1.29, 1.82) is 0 Å². The van der Waals surface area contributed by atoms with Gasteiger partial charge in [0.1, 0.15) is 0 Å². The van der Waals surface area contributed by atoms with E-state index in [-0.39, 0.29) is 0 Å². The van der Waals surface area contributed by atoms with Crippen molar-refractivity contribution in [3.8, 4) is 0 Å². The molecular weight excluding hydrogens is 222 g/mol. The molecule has 1 unspecified atom stereocenters. The molecule has 0 aromatic heterocycles. The van der Waals surface area contributed by atoms with E-state index in [1.807, 2.05) is 0 Å². The van der Waals surface area contributed by atoms with Crippen LogP contribution in [0.15, 0.2) is 0 Å². The molecule has 2 aliphatic rings. The largest absolute Gasteiger partial charge is 0.310 e. The maximum atomic E-state index is 3.79. The Morgan fingerprint density at radius 3 is 2.67 bits per heavy atom. The molecule has 3 heteroatoms. The molecule has 1 aliphatic heterocycles. The van der Waals surface area contributed by atoms with E-state index in [0.717, 1.165) is 12.1 Å². The fourth-order valence-electron chi connectivity index (χ4n) is 2.78. The number of hydrogen-bond donors (Lipinski definition) is 1. The van der Waals surface area contributed by atoms with Gasteiger partial charge in [0.05, 0.1) is 0 Å². The summed E-state index contributed by atoms with van der Waals surface area (Å²) in [6.07, 6.45) is 6.90. The summed E-state index contributed by atoms with van der Waals surface area (Å²) in [6, 6.07) is 2.31. The van der Waals surface area contributed by atoms with Crippen LogP contribution in [0.4, 0.5) is 0 Å². The van der Waals surface area contributed by atoms with Gasteiger partial charge in [-0.15, -0.1) is 0 Å². The van der Waals surface area contributed by atoms with E-state index in [4.69, 9.17) is 0 Å². The second-order valence-corrected chi connectivity index (χ2v) is 6.51. The normalized spacial score (nSPS) is 26.2. The Morgan fingerprint density at radius 1 is 1.22 bits per heavy atom. The maximum Gasteiger partial charge on any atom is 0.0198 e. The van der Waals surface area contributed by atoms with Crippen molar-refractivity contribution in [3.05, 3.63) is 0 Å². The van der Waals surface area contributed by atoms with Gasteiger partial charge in [-0.25, -0.2) is 0 Å². The van der Waals surface area contributed by atoms with Crippen molar-refractivity contribution in [1.82, 2.24) is 15.1 Å². The molecule has 1 saturated heterocycles. The highest BCUT2D eigenvalue weighted by Gasteiger charge is 2.27. The molecule has 2 fully saturated rings. The molecule has 0 amide bonds. The Labute approximate surface area is 113 Å². The number of piperidine rings is 1. The summed E-state index contributed by atoms with van der Waals surface area (Å²) in [6.45, 7) is 9.65. The Balaban J connectivity index is 1.59. The maximum absolute atomic E-state index is 3.79. The van der Waals surface area contributed by atoms with Crippen LogP contribution in [-0.4, -0.2) is 61.2 Å². The number of nitrogens with one attached hydrogen (secondary N) is 1. The van der Waals surface area contributed by atoms with E-state index in [2.05, 4.69) is 36.0 Å². The van der Waals surface area contributed by atoms with Crippen LogP contribution in [0.3, 0.4) is 0 Å². The molecule has 0 bridgehead atoms. The Kier molecular flexibility index (Phi) is 5.46. The van der Waals surface area contributed by atoms with Crippen molar-refractivity contribution in [2.45, 2.75) is 64.1 Å². The minimum Gasteiger partial charge on any atom is -0.310 e. The lowest BCUT2D eigenvalue weighted by molar-refractivity contribution is 0.174. The quantitative estimate of drug-likeness (QED) is 0.748. The van der Waals surface area contributed by atoms with Crippen molar-refractivity contribution in [2.75, 3.05) is 33.2 Å². The van der Waals surface area contributed by atoms with Gasteiger partial charge in [0.25, 0.3) is 0 Å². The predicted octanol–water partition coefficient (Wildman–Crippen LogP) is 1.93. The summed E-state index contributed by atoms with van der Waals surface area (Å²) in [4.78, 5) is 5.11. The highest BCUT2D eigenvalue weighted by atomic mass is 15.2. The molecule has 0 aromatic carbocycles. The van der Waals surface area contributed by atoms with Gasteiger partial charge in [0.15, 0.2) is 0 Å². The molecule has 18 heavy (non-hydrogen) atoms. The zero-order chi connectivity index (χ0) is 13.0. The van der Waals surface area contributed by atoms with Crippen molar-refractivity contribution in [2.24, 2.45) is 0 Å². The number of rotatable bonds is 7. The van der Waals surface area contributed by atoms with Gasteiger partial charge in [0.2, 0.25) is 0 Å². The van der Waals surface area contributed by atoms with E-state index >= 15 is 0 Å². The number of nitrogens with zero attached hydrogens (tertiary/aromatic N) is 2. The summed E-state index contributed by atoms with van der Waals surface area (Å²) in [7, 11) is 2.23. The molecule has 1 heterocycles. The number of hydrogen-bond acceptors (Lipinski definition) is 3. The summed E-state index contributed by atoms with van der Waals surface area (Å²) in [5.41, 5.74) is 0. The van der Waals surface area contributed by atoms with E-state index < -0.39 is 0 Å². The first-order valence-corrected chi connectivity index (χ1v) is 7.84. The fourth-order valence-corrected chi connectivity index (χ4v) is 2.78. The van der Waals surface area contributed by atoms with Crippen molar-refractivity contribution >= 4 is 0 Å². The van der Waals surface area contributed by atoms with E-state index in [0.29, 0.717) is 6.04 Å². The summed E-state index contributed by atoms with van der Waals surface area (Å²) < 4.78 is 0. The van der Waals surface area contributed by atoms with Crippen molar-refractivity contribution in [3.63, 3.8) is 0 Å². The first-order valence-electron chi connectivity index (χ1n) is 7.84. The Morgan fingerprint density at radius 2 is 2.00 bits per heavy atom. The molecule has 1 aliphatic carbocycles. The topological polar surface area (TPSA) is 18.5 Å². The monoisotopic (exact) mass is 253 g/mol. The third-order valence-corrected chi connectivity index (χ3v) is 4.42. The molecule has 0 aromatic rings. The molecule has 106 valence electrons. The second-order valence-electron chi connectivity index (χ2n) is 6.51. The van der Waals surface area contributed by atoms with E-state index in [1.54, 1.807) is 0 Å². The van der Waals surface area contributed by atoms with Crippen LogP contribution < -0.4 is 5.32 Å². The lowest BCUT2D eigenvalue weighted by Gasteiger charge is -2.34. The minimum absolute atomic E-state index is 0.677. The predicted molar refractivity (Wildman–Crippen MR) is 78.0 cm³/mol. The van der Waals surface area contributed by atoms with Gasteiger partial charge in [-0.1, -0.05) is 0 Å². The first kappa shape index (κ1) is 14.3. The molecule has 0 spiro atoms. The molecule has 3 nitrogen and oxygen atoms in total. The summed E-state index contributed by atoms with van der Waals surface area (Å²) in [5, 5.41) is 3.79. The molecule has 1 N–H and O–H groups in total. The second kappa shape index (κ2) is 6.88. The molecular formula is C15H31N3. The third-order valence-electron chi connectivity index (χ3n) is 4.42. The van der Waals surface area contributed by atoms with Crippen LogP contribution >= 0.6 is 0 Å². The van der Waals surface area contributed by atoms with Gasteiger partial charge < -0.3 is 15.1 Å². The summed E-state index contributed by atoms with van der Waals surface area (Å²) >= 11 is 0. The van der Waals surface area contributed by atoms with Crippen LogP contribution in [0, 0.1) is 0 Å². The Hall–Kier alpha value is -0.120. The molecule has 1 saturated carbocycles. The van der Waals surface area contributed by atoms with Crippen LogP contribution in [0.2, 0.25) is 0 Å². The van der Waals surface area contributed by atoms with Crippen molar-refractivity contribution < 1.29 is 0 Å². The van der Waals surface area contributed by atoms with Gasteiger partial charge >= 0.3 is 0 Å². The van der Waals surface area contributed by atoms with Crippen LogP contribution in [0.25, 0.3) is 0 Å². The Bertz CT molecular complexity index is 238. The molecule has 1 atom stereocenters. The van der Waals surface area contributed by atoms with Crippen LogP contribution in [0.1, 0.15) is 46.0 Å². The first-order chi connectivity index (χ1) is 8.65. The average molecular weight is 253 g/mol. The highest BCUT2D eigenvalue weighted by molar-refractivity contribution is 4.88. The number of likely N-dealkylation sites (tertiary alicyclic amines) is 1. The fraction of sp³-hybridized carbons (Fsp3) is 1.00. The van der Waals surface area contributed by atoms with E-state index in [1.165, 1.54) is 58.3 Å². The van der Waals surface area contributed by atoms with E-state index in [9.17, 15) is 0 Å². The summed E-state index contributed by atoms with van der Waals surface area (Å²) in [5.74, 6) is 0. The lowest BCUT2D eigenvalue weighted by atomic mass is 10.1. The van der Waals surface area contributed by atoms with Crippen LogP contribution in [0.5, 0.6) is 0 Å². The van der Waals surface area contributed by atoms with Gasteiger partial charge in [-0.05, 0) is 72.6 Å². The zero-order valence-electron chi connectivity index (χ0n) is 12.5. The molecule has 0 radical (unpaired) electrons.